The molecular weight excluding hydrogens is 172 g/mol. The zero-order chi connectivity index (χ0) is 10.3. The Balaban J connectivity index is 4.27. The van der Waals surface area contributed by atoms with Crippen molar-refractivity contribution >= 4 is 11.9 Å². The minimum atomic E-state index is -1.20. The van der Waals surface area contributed by atoms with Crippen LogP contribution in [0.3, 0.4) is 0 Å². The Bertz CT molecular complexity index is 246. The molecule has 4 nitrogen and oxygen atoms in total. The third-order valence-corrected chi connectivity index (χ3v) is 1.39. The monoisotopic (exact) mass is 184 g/mol. The summed E-state index contributed by atoms with van der Waals surface area (Å²) >= 11 is 0. The number of rotatable bonds is 3. The van der Waals surface area contributed by atoms with Crippen LogP contribution in [0.15, 0.2) is 0 Å². The van der Waals surface area contributed by atoms with Gasteiger partial charge in [-0.3, -0.25) is 9.59 Å². The molecule has 0 heterocycles. The lowest BCUT2D eigenvalue weighted by molar-refractivity contribution is -0.156. The Kier molecular flexibility index (Phi) is 5.37. The van der Waals surface area contributed by atoms with Gasteiger partial charge >= 0.3 is 11.9 Å². The Morgan fingerprint density at radius 3 is 2.46 bits per heavy atom. The van der Waals surface area contributed by atoms with E-state index in [-0.39, 0.29) is 6.42 Å². The third-order valence-electron chi connectivity index (χ3n) is 1.39. The number of hydrogen-bond donors (Lipinski definition) is 1. The van der Waals surface area contributed by atoms with Crippen LogP contribution >= 0.6 is 0 Å². The van der Waals surface area contributed by atoms with Crippen molar-refractivity contribution in [2.45, 2.75) is 19.8 Å². The second kappa shape index (κ2) is 6.06. The summed E-state index contributed by atoms with van der Waals surface area (Å²) in [4.78, 5) is 21.4. The fraction of sp³-hybridized carbons (Fsp3) is 0.556. The second-order valence-corrected chi connectivity index (χ2v) is 2.33. The molecule has 0 bridgehead atoms. The first kappa shape index (κ1) is 11.5. The molecule has 0 amide bonds. The molecule has 0 aromatic heterocycles. The number of carboxylic acids is 1. The molecule has 0 saturated heterocycles. The smallest absolute Gasteiger partial charge is 0.321 e. The van der Waals surface area contributed by atoms with Gasteiger partial charge in [0.2, 0.25) is 0 Å². The maximum absolute atomic E-state index is 10.9. The molecule has 0 rings (SSSR count). The lowest BCUT2D eigenvalue weighted by Gasteiger charge is -2.04. The molecule has 0 fully saturated rings. The molecule has 0 unspecified atom stereocenters. The van der Waals surface area contributed by atoms with Crippen molar-refractivity contribution in [3.63, 3.8) is 0 Å². The maximum Gasteiger partial charge on any atom is 0.321 e. The van der Waals surface area contributed by atoms with Gasteiger partial charge in [-0.05, 0) is 0 Å². The summed E-state index contributed by atoms with van der Waals surface area (Å²) in [6.07, 6.45) is 0.656. The van der Waals surface area contributed by atoms with E-state index in [1.54, 1.807) is 0 Å². The molecule has 1 N–H and O–H groups in total. The van der Waals surface area contributed by atoms with Crippen LogP contribution in [0.5, 0.6) is 0 Å². The number of aliphatic carboxylic acids is 1. The van der Waals surface area contributed by atoms with E-state index >= 15 is 0 Å². The van der Waals surface area contributed by atoms with Crippen molar-refractivity contribution < 1.29 is 19.4 Å². The Hall–Kier alpha value is -1.50. The first-order chi connectivity index (χ1) is 6.13. The molecule has 0 aliphatic heterocycles. The van der Waals surface area contributed by atoms with Gasteiger partial charge in [-0.15, -0.1) is 11.8 Å². The highest BCUT2D eigenvalue weighted by Crippen LogP contribution is 2.04. The van der Waals surface area contributed by atoms with E-state index in [1.165, 1.54) is 0 Å². The predicted molar refractivity (Wildman–Crippen MR) is 45.8 cm³/mol. The molecule has 13 heavy (non-hydrogen) atoms. The SMILES string of the molecule is CCC#CC[C@H](C(=O)O)C(=O)OC. The fourth-order valence-electron chi connectivity index (χ4n) is 0.713. The zero-order valence-corrected chi connectivity index (χ0v) is 7.66. The maximum atomic E-state index is 10.9. The highest BCUT2D eigenvalue weighted by molar-refractivity contribution is 5.94. The molecule has 0 aliphatic rings. The fourth-order valence-corrected chi connectivity index (χ4v) is 0.713. The van der Waals surface area contributed by atoms with Gasteiger partial charge in [-0.2, -0.15) is 0 Å². The van der Waals surface area contributed by atoms with E-state index in [0.29, 0.717) is 6.42 Å². The second-order valence-electron chi connectivity index (χ2n) is 2.33. The van der Waals surface area contributed by atoms with Crippen molar-refractivity contribution in [1.29, 1.82) is 0 Å². The van der Waals surface area contributed by atoms with Crippen molar-refractivity contribution in [2.75, 3.05) is 7.11 Å². The quantitative estimate of drug-likeness (QED) is 0.397. The van der Waals surface area contributed by atoms with E-state index in [9.17, 15) is 9.59 Å². The number of carboxylic acid groups (broad SMARTS) is 1. The minimum Gasteiger partial charge on any atom is -0.481 e. The van der Waals surface area contributed by atoms with Crippen molar-refractivity contribution in [1.82, 2.24) is 0 Å². The van der Waals surface area contributed by atoms with E-state index in [2.05, 4.69) is 16.6 Å². The first-order valence-corrected chi connectivity index (χ1v) is 3.89. The van der Waals surface area contributed by atoms with Crippen LogP contribution in [0.25, 0.3) is 0 Å². The van der Waals surface area contributed by atoms with Crippen molar-refractivity contribution in [2.24, 2.45) is 5.92 Å². The number of carbonyl (C=O) groups excluding carboxylic acids is 1. The van der Waals surface area contributed by atoms with E-state index in [4.69, 9.17) is 5.11 Å². The van der Waals surface area contributed by atoms with Crippen LogP contribution in [0.1, 0.15) is 19.8 Å². The van der Waals surface area contributed by atoms with Crippen LogP contribution in [0.4, 0.5) is 0 Å². The van der Waals surface area contributed by atoms with Gasteiger partial charge in [0.05, 0.1) is 7.11 Å². The Labute approximate surface area is 76.9 Å². The van der Waals surface area contributed by atoms with E-state index in [1.807, 2.05) is 6.92 Å². The average Bonchev–Trinajstić information content (AvgIpc) is 2.11. The van der Waals surface area contributed by atoms with Crippen LogP contribution in [-0.4, -0.2) is 24.2 Å². The molecule has 0 radical (unpaired) electrons. The predicted octanol–water partition coefficient (Wildman–Crippen LogP) is 0.664. The molecule has 72 valence electrons. The van der Waals surface area contributed by atoms with Crippen LogP contribution < -0.4 is 0 Å². The normalized spacial score (nSPS) is 10.9. The van der Waals surface area contributed by atoms with Gasteiger partial charge in [0.15, 0.2) is 5.92 Å². The van der Waals surface area contributed by atoms with Crippen molar-refractivity contribution in [3.8, 4) is 11.8 Å². The van der Waals surface area contributed by atoms with Gasteiger partial charge in [-0.1, -0.05) is 6.92 Å². The van der Waals surface area contributed by atoms with Crippen molar-refractivity contribution in [3.05, 3.63) is 0 Å². The average molecular weight is 184 g/mol. The summed E-state index contributed by atoms with van der Waals surface area (Å²) in [5.41, 5.74) is 0. The van der Waals surface area contributed by atoms with E-state index in [0.717, 1.165) is 7.11 Å². The van der Waals surface area contributed by atoms with Gasteiger partial charge < -0.3 is 9.84 Å². The molecule has 0 aromatic rings. The highest BCUT2D eigenvalue weighted by atomic mass is 16.5. The topological polar surface area (TPSA) is 63.6 Å². The third kappa shape index (κ3) is 4.16. The van der Waals surface area contributed by atoms with Gasteiger partial charge in [0.1, 0.15) is 0 Å². The van der Waals surface area contributed by atoms with Gasteiger partial charge in [0, 0.05) is 12.8 Å². The summed E-state index contributed by atoms with van der Waals surface area (Å²) < 4.78 is 4.32. The van der Waals surface area contributed by atoms with Crippen LogP contribution in [-0.2, 0) is 14.3 Å². The first-order valence-electron chi connectivity index (χ1n) is 3.89. The number of hydrogen-bond acceptors (Lipinski definition) is 3. The zero-order valence-electron chi connectivity index (χ0n) is 7.66. The summed E-state index contributed by atoms with van der Waals surface area (Å²) in [6, 6.07) is 0. The van der Waals surface area contributed by atoms with Crippen LogP contribution in [0, 0.1) is 17.8 Å². The molecule has 1 atom stereocenters. The van der Waals surface area contributed by atoms with Gasteiger partial charge in [0.25, 0.3) is 0 Å². The summed E-state index contributed by atoms with van der Waals surface area (Å²) in [5, 5.41) is 8.61. The Morgan fingerprint density at radius 1 is 1.46 bits per heavy atom. The standard InChI is InChI=1S/C9H12O4/c1-3-4-5-6-7(8(10)11)9(12)13-2/h7H,3,6H2,1-2H3,(H,10,11)/t7-/m1/s1. The van der Waals surface area contributed by atoms with E-state index < -0.39 is 17.9 Å². The molecule has 0 aliphatic carbocycles. The molecule has 0 spiro atoms. The number of carbonyl (C=O) groups is 2. The highest BCUT2D eigenvalue weighted by Gasteiger charge is 2.25. The Morgan fingerprint density at radius 2 is 2.08 bits per heavy atom. The summed E-state index contributed by atoms with van der Waals surface area (Å²) in [6.45, 7) is 1.85. The molecular formula is C9H12O4. The number of methoxy groups -OCH3 is 1. The number of ether oxygens (including phenoxy) is 1. The molecule has 4 heteroatoms. The largest absolute Gasteiger partial charge is 0.481 e. The lowest BCUT2D eigenvalue weighted by atomic mass is 10.1. The molecule has 0 saturated carbocycles. The minimum absolute atomic E-state index is 0.00977. The summed E-state index contributed by atoms with van der Waals surface area (Å²) in [7, 11) is 1.16. The van der Waals surface area contributed by atoms with Crippen LogP contribution in [0.2, 0.25) is 0 Å². The molecule has 0 aromatic carbocycles. The number of esters is 1. The van der Waals surface area contributed by atoms with Gasteiger partial charge in [-0.25, -0.2) is 0 Å². The summed E-state index contributed by atoms with van der Waals surface area (Å²) in [5.74, 6) is 2.18. The lowest BCUT2D eigenvalue weighted by Crippen LogP contribution is -2.24.